The van der Waals surface area contributed by atoms with Crippen molar-refractivity contribution in [1.82, 2.24) is 25.5 Å². The van der Waals surface area contributed by atoms with Gasteiger partial charge in [-0.3, -0.25) is 4.68 Å². The fraction of sp³-hybridized carbons (Fsp3) is 0.375. The van der Waals surface area contributed by atoms with E-state index < -0.39 is 0 Å². The number of nitrogens with one attached hydrogen (secondary N) is 1. The molecule has 0 atom stereocenters. The van der Waals surface area contributed by atoms with Crippen LogP contribution in [0.15, 0.2) is 23.0 Å². The molecule has 1 N–H and O–H groups in total. The molecule has 74 valence electrons. The Kier molecular flexibility index (Phi) is 2.55. The van der Waals surface area contributed by atoms with Gasteiger partial charge in [0.1, 0.15) is 5.76 Å². The summed E-state index contributed by atoms with van der Waals surface area (Å²) in [5.41, 5.74) is 1.03. The minimum absolute atomic E-state index is 0.658. The highest BCUT2D eigenvalue weighted by Crippen LogP contribution is 1.97. The highest BCUT2D eigenvalue weighted by Gasteiger charge is 2.00. The van der Waals surface area contributed by atoms with Gasteiger partial charge in [0.25, 0.3) is 0 Å². The average molecular weight is 193 g/mol. The topological polar surface area (TPSA) is 68.8 Å². The van der Waals surface area contributed by atoms with Crippen LogP contribution in [0.2, 0.25) is 0 Å². The van der Waals surface area contributed by atoms with Gasteiger partial charge in [-0.25, -0.2) is 0 Å². The van der Waals surface area contributed by atoms with Crippen LogP contribution >= 0.6 is 0 Å². The van der Waals surface area contributed by atoms with Crippen molar-refractivity contribution in [2.75, 3.05) is 0 Å². The molecule has 0 saturated carbocycles. The number of aromatic nitrogens is 4. The smallest absolute Gasteiger partial charge is 0.150 e. The van der Waals surface area contributed by atoms with Crippen LogP contribution in [0.4, 0.5) is 0 Å². The SMILES string of the molecule is Cn1nncc1CNCc1ccno1. The molecule has 0 spiro atoms. The largest absolute Gasteiger partial charge is 0.360 e. The second-order valence-corrected chi connectivity index (χ2v) is 2.93. The molecule has 0 aliphatic heterocycles. The van der Waals surface area contributed by atoms with Crippen molar-refractivity contribution in [3.8, 4) is 0 Å². The van der Waals surface area contributed by atoms with Gasteiger partial charge in [0.15, 0.2) is 0 Å². The van der Waals surface area contributed by atoms with Crippen LogP contribution in [-0.2, 0) is 20.1 Å². The predicted molar refractivity (Wildman–Crippen MR) is 48.0 cm³/mol. The van der Waals surface area contributed by atoms with E-state index in [1.807, 2.05) is 13.1 Å². The van der Waals surface area contributed by atoms with E-state index in [-0.39, 0.29) is 0 Å². The van der Waals surface area contributed by atoms with Gasteiger partial charge in [-0.1, -0.05) is 10.4 Å². The standard InChI is InChI=1S/C8H11N5O/c1-13-7(5-10-12-13)4-9-6-8-2-3-11-14-8/h2-3,5,9H,4,6H2,1H3. The molecule has 0 aromatic carbocycles. The molecular weight excluding hydrogens is 182 g/mol. The third kappa shape index (κ3) is 1.97. The summed E-state index contributed by atoms with van der Waals surface area (Å²) in [7, 11) is 1.86. The molecule has 2 heterocycles. The maximum absolute atomic E-state index is 4.93. The van der Waals surface area contributed by atoms with E-state index in [1.165, 1.54) is 0 Å². The zero-order valence-corrected chi connectivity index (χ0v) is 7.84. The molecule has 2 aromatic heterocycles. The van der Waals surface area contributed by atoms with E-state index in [1.54, 1.807) is 17.1 Å². The Balaban J connectivity index is 1.81. The van der Waals surface area contributed by atoms with Gasteiger partial charge in [0.05, 0.1) is 24.6 Å². The van der Waals surface area contributed by atoms with Crippen LogP contribution in [0.25, 0.3) is 0 Å². The van der Waals surface area contributed by atoms with Crippen molar-refractivity contribution >= 4 is 0 Å². The predicted octanol–water partition coefficient (Wildman–Crippen LogP) is 0.0929. The number of nitrogens with zero attached hydrogens (tertiary/aromatic N) is 4. The third-order valence-corrected chi connectivity index (χ3v) is 1.90. The summed E-state index contributed by atoms with van der Waals surface area (Å²) in [6, 6.07) is 1.83. The first kappa shape index (κ1) is 8.89. The Morgan fingerprint density at radius 1 is 1.50 bits per heavy atom. The molecule has 6 nitrogen and oxygen atoms in total. The summed E-state index contributed by atoms with van der Waals surface area (Å²) >= 11 is 0. The summed E-state index contributed by atoms with van der Waals surface area (Å²) in [6.07, 6.45) is 3.36. The first-order chi connectivity index (χ1) is 6.86. The van der Waals surface area contributed by atoms with Crippen LogP contribution in [0.1, 0.15) is 11.5 Å². The number of hydrogen-bond donors (Lipinski definition) is 1. The minimum atomic E-state index is 0.658. The van der Waals surface area contributed by atoms with Gasteiger partial charge in [0, 0.05) is 19.7 Å². The summed E-state index contributed by atoms with van der Waals surface area (Å²) in [5, 5.41) is 14.4. The van der Waals surface area contributed by atoms with Gasteiger partial charge in [-0.15, -0.1) is 5.10 Å². The Labute approximate surface area is 80.9 Å². The van der Waals surface area contributed by atoms with Crippen molar-refractivity contribution in [1.29, 1.82) is 0 Å². The van der Waals surface area contributed by atoms with E-state index in [0.717, 1.165) is 11.5 Å². The van der Waals surface area contributed by atoms with E-state index in [2.05, 4.69) is 20.8 Å². The summed E-state index contributed by atoms with van der Waals surface area (Å²) in [6.45, 7) is 1.37. The van der Waals surface area contributed by atoms with Gasteiger partial charge in [-0.2, -0.15) is 0 Å². The first-order valence-corrected chi connectivity index (χ1v) is 4.30. The van der Waals surface area contributed by atoms with Crippen molar-refractivity contribution in [3.05, 3.63) is 29.9 Å². The van der Waals surface area contributed by atoms with E-state index in [0.29, 0.717) is 13.1 Å². The van der Waals surface area contributed by atoms with Crippen molar-refractivity contribution in [2.24, 2.45) is 7.05 Å². The van der Waals surface area contributed by atoms with Crippen molar-refractivity contribution in [3.63, 3.8) is 0 Å². The van der Waals surface area contributed by atoms with Crippen molar-refractivity contribution in [2.45, 2.75) is 13.1 Å². The highest BCUT2D eigenvalue weighted by atomic mass is 16.5. The number of rotatable bonds is 4. The molecule has 0 bridgehead atoms. The van der Waals surface area contributed by atoms with Crippen LogP contribution < -0.4 is 5.32 Å². The normalized spacial score (nSPS) is 10.6. The molecule has 6 heteroatoms. The zero-order valence-electron chi connectivity index (χ0n) is 7.84. The maximum Gasteiger partial charge on any atom is 0.150 e. The second kappa shape index (κ2) is 4.01. The lowest BCUT2D eigenvalue weighted by Crippen LogP contribution is -2.14. The lowest BCUT2D eigenvalue weighted by molar-refractivity contribution is 0.372. The van der Waals surface area contributed by atoms with Crippen molar-refractivity contribution < 1.29 is 4.52 Å². The average Bonchev–Trinajstić information content (AvgIpc) is 2.78. The van der Waals surface area contributed by atoms with Crippen LogP contribution in [0, 0.1) is 0 Å². The molecule has 0 unspecified atom stereocenters. The molecule has 2 rings (SSSR count). The Bertz CT molecular complexity index is 380. The summed E-state index contributed by atoms with van der Waals surface area (Å²) in [4.78, 5) is 0. The van der Waals surface area contributed by atoms with Crippen LogP contribution in [0.3, 0.4) is 0 Å². The minimum Gasteiger partial charge on any atom is -0.360 e. The first-order valence-electron chi connectivity index (χ1n) is 4.30. The van der Waals surface area contributed by atoms with Crippen LogP contribution in [-0.4, -0.2) is 20.2 Å². The van der Waals surface area contributed by atoms with Gasteiger partial charge >= 0.3 is 0 Å². The Morgan fingerprint density at radius 3 is 3.07 bits per heavy atom. The highest BCUT2D eigenvalue weighted by molar-refractivity contribution is 4.95. The fourth-order valence-corrected chi connectivity index (χ4v) is 1.12. The lowest BCUT2D eigenvalue weighted by Gasteiger charge is -2.00. The summed E-state index contributed by atoms with van der Waals surface area (Å²) in [5.74, 6) is 0.820. The lowest BCUT2D eigenvalue weighted by atomic mass is 10.4. The molecule has 0 amide bonds. The van der Waals surface area contributed by atoms with E-state index >= 15 is 0 Å². The maximum atomic E-state index is 4.93. The Hall–Kier alpha value is -1.69. The monoisotopic (exact) mass is 193 g/mol. The van der Waals surface area contributed by atoms with Crippen LogP contribution in [0.5, 0.6) is 0 Å². The molecule has 0 aliphatic rings. The molecule has 0 saturated heterocycles. The molecule has 0 fully saturated rings. The van der Waals surface area contributed by atoms with E-state index in [4.69, 9.17) is 4.52 Å². The molecular formula is C8H11N5O. The molecule has 0 aliphatic carbocycles. The second-order valence-electron chi connectivity index (χ2n) is 2.93. The summed E-state index contributed by atoms with van der Waals surface area (Å²) < 4.78 is 6.66. The number of aryl methyl sites for hydroxylation is 1. The van der Waals surface area contributed by atoms with Gasteiger partial charge < -0.3 is 9.84 Å². The molecule has 14 heavy (non-hydrogen) atoms. The molecule has 0 radical (unpaired) electrons. The van der Waals surface area contributed by atoms with Gasteiger partial charge in [-0.05, 0) is 0 Å². The fourth-order valence-electron chi connectivity index (χ4n) is 1.12. The van der Waals surface area contributed by atoms with Gasteiger partial charge in [0.2, 0.25) is 0 Å². The third-order valence-electron chi connectivity index (χ3n) is 1.90. The molecule has 2 aromatic rings. The zero-order chi connectivity index (χ0) is 9.80. The quantitative estimate of drug-likeness (QED) is 0.745. The van der Waals surface area contributed by atoms with E-state index in [9.17, 15) is 0 Å². The Morgan fingerprint density at radius 2 is 2.43 bits per heavy atom. The number of hydrogen-bond acceptors (Lipinski definition) is 5.